The summed E-state index contributed by atoms with van der Waals surface area (Å²) >= 11 is 4.46. The molecule has 26 heavy (non-hydrogen) atoms. The number of rotatable bonds is 4. The molecule has 136 valence electrons. The van der Waals surface area contributed by atoms with Crippen LogP contribution in [0.4, 0.5) is 4.39 Å². The van der Waals surface area contributed by atoms with Crippen LogP contribution in [0.3, 0.4) is 0 Å². The van der Waals surface area contributed by atoms with Gasteiger partial charge in [-0.2, -0.15) is 9.29 Å². The van der Waals surface area contributed by atoms with Crippen molar-refractivity contribution < 1.29 is 17.3 Å². The molecule has 0 aliphatic carbocycles. The van der Waals surface area contributed by atoms with E-state index in [4.69, 9.17) is 4.52 Å². The first kappa shape index (κ1) is 17.8. The van der Waals surface area contributed by atoms with Gasteiger partial charge in [0.15, 0.2) is 0 Å². The molecule has 0 radical (unpaired) electrons. The monoisotopic (exact) mass is 457 g/mol. The third kappa shape index (κ3) is 3.22. The molecule has 1 atom stereocenters. The molecule has 0 amide bonds. The number of sulfonamides is 1. The van der Waals surface area contributed by atoms with Gasteiger partial charge in [0.25, 0.3) is 10.0 Å². The van der Waals surface area contributed by atoms with E-state index < -0.39 is 16.1 Å². The van der Waals surface area contributed by atoms with Gasteiger partial charge in [0.2, 0.25) is 11.7 Å². The number of halogens is 2. The van der Waals surface area contributed by atoms with Crippen LogP contribution in [-0.4, -0.2) is 29.4 Å². The molecule has 0 N–H and O–H groups in total. The van der Waals surface area contributed by atoms with Gasteiger partial charge in [-0.05, 0) is 65.2 Å². The van der Waals surface area contributed by atoms with Crippen molar-refractivity contribution in [3.05, 3.63) is 51.9 Å². The molecule has 3 heterocycles. The molecule has 2 aromatic heterocycles. The van der Waals surface area contributed by atoms with Crippen molar-refractivity contribution in [2.75, 3.05) is 6.54 Å². The van der Waals surface area contributed by atoms with Gasteiger partial charge >= 0.3 is 0 Å². The van der Waals surface area contributed by atoms with Crippen LogP contribution in [0.25, 0.3) is 11.4 Å². The van der Waals surface area contributed by atoms with E-state index in [1.54, 1.807) is 24.3 Å². The summed E-state index contributed by atoms with van der Waals surface area (Å²) in [7, 11) is -3.63. The van der Waals surface area contributed by atoms with Crippen LogP contribution in [0.1, 0.15) is 24.8 Å². The zero-order valence-electron chi connectivity index (χ0n) is 13.3. The quantitative estimate of drug-likeness (QED) is 0.585. The summed E-state index contributed by atoms with van der Waals surface area (Å²) in [5, 5.41) is 3.92. The highest BCUT2D eigenvalue weighted by Crippen LogP contribution is 2.38. The Balaban J connectivity index is 1.64. The molecule has 6 nitrogen and oxygen atoms in total. The second-order valence-corrected chi connectivity index (χ2v) is 10.4. The Kier molecular flexibility index (Phi) is 4.68. The van der Waals surface area contributed by atoms with Gasteiger partial charge in [0.1, 0.15) is 16.1 Å². The van der Waals surface area contributed by atoms with Crippen molar-refractivity contribution in [3.8, 4) is 11.4 Å². The van der Waals surface area contributed by atoms with Crippen LogP contribution < -0.4 is 0 Å². The average molecular weight is 458 g/mol. The van der Waals surface area contributed by atoms with Crippen LogP contribution in [0, 0.1) is 5.82 Å². The topological polar surface area (TPSA) is 76.3 Å². The van der Waals surface area contributed by atoms with Crippen LogP contribution in [0.2, 0.25) is 0 Å². The van der Waals surface area contributed by atoms with E-state index in [9.17, 15) is 12.8 Å². The molecule has 3 aromatic rings. The number of nitrogens with zero attached hydrogens (tertiary/aromatic N) is 3. The highest BCUT2D eigenvalue weighted by atomic mass is 79.9. The first-order chi connectivity index (χ1) is 12.4. The lowest BCUT2D eigenvalue weighted by molar-refractivity contribution is 0.291. The maximum atomic E-state index is 13.1. The molecule has 0 saturated carbocycles. The molecule has 0 bridgehead atoms. The minimum atomic E-state index is -3.63. The zero-order valence-corrected chi connectivity index (χ0v) is 16.5. The molecule has 4 rings (SSSR count). The highest BCUT2D eigenvalue weighted by molar-refractivity contribution is 9.11. The van der Waals surface area contributed by atoms with E-state index in [-0.39, 0.29) is 15.9 Å². The molecule has 1 aliphatic rings. The van der Waals surface area contributed by atoms with Crippen molar-refractivity contribution >= 4 is 37.3 Å². The van der Waals surface area contributed by atoms with Gasteiger partial charge in [0.05, 0.1) is 3.79 Å². The van der Waals surface area contributed by atoms with Crippen molar-refractivity contribution in [1.29, 1.82) is 0 Å². The summed E-state index contributed by atoms with van der Waals surface area (Å²) in [5.74, 6) is 0.205. The van der Waals surface area contributed by atoms with Gasteiger partial charge in [-0.1, -0.05) is 5.16 Å². The van der Waals surface area contributed by atoms with Gasteiger partial charge in [-0.25, -0.2) is 12.8 Å². The number of thiophene rings is 1. The molecule has 0 spiro atoms. The predicted octanol–water partition coefficient (Wildman–Crippen LogP) is 4.23. The standard InChI is InChI=1S/C16H13BrFN3O3S2/c17-13-7-8-14(25-13)26(22,23)21-9-1-2-12(21)16-19-15(20-24-16)10-3-5-11(18)6-4-10/h3-8,12H,1-2,9H2/t12-/m0/s1. The summed E-state index contributed by atoms with van der Waals surface area (Å²) in [4.78, 5) is 4.34. The predicted molar refractivity (Wildman–Crippen MR) is 97.6 cm³/mol. The Bertz CT molecular complexity index is 1030. The third-order valence-corrected chi connectivity index (χ3v) is 8.14. The SMILES string of the molecule is O=S(=O)(c1ccc(Br)s1)N1CCC[C@H]1c1nc(-c2ccc(F)cc2)no1. The van der Waals surface area contributed by atoms with E-state index in [1.807, 2.05) is 0 Å². The Morgan fingerprint density at radius 3 is 2.69 bits per heavy atom. The van der Waals surface area contributed by atoms with Crippen molar-refractivity contribution in [3.63, 3.8) is 0 Å². The zero-order chi connectivity index (χ0) is 18.3. The van der Waals surface area contributed by atoms with Crippen LogP contribution in [0.5, 0.6) is 0 Å². The van der Waals surface area contributed by atoms with Crippen molar-refractivity contribution in [2.24, 2.45) is 0 Å². The minimum Gasteiger partial charge on any atom is -0.337 e. The Labute approximate surface area is 161 Å². The van der Waals surface area contributed by atoms with E-state index >= 15 is 0 Å². The largest absolute Gasteiger partial charge is 0.337 e. The fourth-order valence-corrected chi connectivity index (χ4v) is 6.70. The second kappa shape index (κ2) is 6.84. The average Bonchev–Trinajstić information content (AvgIpc) is 3.35. The van der Waals surface area contributed by atoms with Crippen molar-refractivity contribution in [1.82, 2.24) is 14.4 Å². The number of hydrogen-bond donors (Lipinski definition) is 0. The maximum absolute atomic E-state index is 13.1. The van der Waals surface area contributed by atoms with Crippen LogP contribution in [-0.2, 0) is 10.0 Å². The van der Waals surface area contributed by atoms with Crippen molar-refractivity contribution in [2.45, 2.75) is 23.1 Å². The third-order valence-electron chi connectivity index (χ3n) is 4.14. The van der Waals surface area contributed by atoms with Gasteiger partial charge in [0, 0.05) is 12.1 Å². The normalized spacial score (nSPS) is 18.5. The lowest BCUT2D eigenvalue weighted by Gasteiger charge is -2.20. The Morgan fingerprint density at radius 1 is 1.23 bits per heavy atom. The van der Waals surface area contributed by atoms with Gasteiger partial charge in [-0.3, -0.25) is 0 Å². The summed E-state index contributed by atoms with van der Waals surface area (Å²) in [6.45, 7) is 0.400. The van der Waals surface area contributed by atoms with E-state index in [2.05, 4.69) is 26.1 Å². The minimum absolute atomic E-state index is 0.251. The Hall–Kier alpha value is -1.62. The molecule has 1 aliphatic heterocycles. The molecular formula is C16H13BrFN3O3S2. The number of benzene rings is 1. The molecule has 1 fully saturated rings. The van der Waals surface area contributed by atoms with Gasteiger partial charge < -0.3 is 4.52 Å². The molecule has 1 saturated heterocycles. The lowest BCUT2D eigenvalue weighted by Crippen LogP contribution is -2.30. The molecular weight excluding hydrogens is 445 g/mol. The smallest absolute Gasteiger partial charge is 0.253 e. The van der Waals surface area contributed by atoms with Crippen LogP contribution >= 0.6 is 27.3 Å². The fraction of sp³-hybridized carbons (Fsp3) is 0.250. The van der Waals surface area contributed by atoms with E-state index in [1.165, 1.54) is 27.8 Å². The van der Waals surface area contributed by atoms with Gasteiger partial charge in [-0.15, -0.1) is 11.3 Å². The summed E-state index contributed by atoms with van der Waals surface area (Å²) in [6, 6.07) is 8.52. The Morgan fingerprint density at radius 2 is 2.00 bits per heavy atom. The first-order valence-electron chi connectivity index (χ1n) is 7.82. The number of aromatic nitrogens is 2. The molecule has 0 unspecified atom stereocenters. The van der Waals surface area contributed by atoms with E-state index in [0.29, 0.717) is 30.8 Å². The lowest BCUT2D eigenvalue weighted by atomic mass is 10.2. The number of hydrogen-bond acceptors (Lipinski definition) is 6. The fourth-order valence-electron chi connectivity index (χ4n) is 2.91. The van der Waals surface area contributed by atoms with E-state index in [0.717, 1.165) is 3.79 Å². The summed E-state index contributed by atoms with van der Waals surface area (Å²) in [6.07, 6.45) is 1.32. The molecule has 10 heteroatoms. The second-order valence-electron chi connectivity index (χ2n) is 5.80. The highest BCUT2D eigenvalue weighted by Gasteiger charge is 2.40. The van der Waals surface area contributed by atoms with Crippen LogP contribution in [0.15, 0.2) is 48.9 Å². The summed E-state index contributed by atoms with van der Waals surface area (Å²) < 4.78 is 46.7. The summed E-state index contributed by atoms with van der Waals surface area (Å²) in [5.41, 5.74) is 0.607. The first-order valence-corrected chi connectivity index (χ1v) is 10.9. The maximum Gasteiger partial charge on any atom is 0.253 e. The molecule has 1 aromatic carbocycles.